The van der Waals surface area contributed by atoms with Gasteiger partial charge >= 0.3 is 0 Å². The molecule has 0 saturated carbocycles. The Hall–Kier alpha value is -2.69. The Morgan fingerprint density at radius 3 is 2.64 bits per heavy atom. The molecule has 1 N–H and O–H groups in total. The summed E-state index contributed by atoms with van der Waals surface area (Å²) < 4.78 is 13.2. The van der Waals surface area contributed by atoms with Crippen molar-refractivity contribution in [2.45, 2.75) is 26.3 Å². The smallest absolute Gasteiger partial charge is 0.227 e. The molecule has 2 aromatic rings. The van der Waals surface area contributed by atoms with Crippen LogP contribution in [0.25, 0.3) is 0 Å². The molecule has 0 aliphatic carbocycles. The van der Waals surface area contributed by atoms with E-state index in [0.29, 0.717) is 12.1 Å². The molecule has 2 aromatic carbocycles. The number of hydrogen-bond donors (Lipinski definition) is 1. The molecule has 1 saturated heterocycles. The summed E-state index contributed by atoms with van der Waals surface area (Å²) in [6, 6.07) is 14.0. The van der Waals surface area contributed by atoms with E-state index in [4.69, 9.17) is 0 Å². The lowest BCUT2D eigenvalue weighted by molar-refractivity contribution is -0.126. The van der Waals surface area contributed by atoms with Crippen LogP contribution >= 0.6 is 0 Å². The first-order chi connectivity index (χ1) is 12.1. The zero-order valence-electron chi connectivity index (χ0n) is 14.2. The van der Waals surface area contributed by atoms with Crippen LogP contribution < -0.4 is 10.2 Å². The summed E-state index contributed by atoms with van der Waals surface area (Å²) in [5, 5.41) is 2.79. The van der Waals surface area contributed by atoms with Crippen molar-refractivity contribution in [2.24, 2.45) is 5.92 Å². The van der Waals surface area contributed by atoms with Gasteiger partial charge < -0.3 is 10.2 Å². The van der Waals surface area contributed by atoms with Crippen molar-refractivity contribution in [1.82, 2.24) is 5.32 Å². The van der Waals surface area contributed by atoms with E-state index in [1.54, 1.807) is 17.0 Å². The van der Waals surface area contributed by atoms with E-state index in [0.717, 1.165) is 12.1 Å². The average Bonchev–Trinajstić information content (AvgIpc) is 3.02. The molecule has 0 aromatic heterocycles. The van der Waals surface area contributed by atoms with Gasteiger partial charge in [-0.1, -0.05) is 31.2 Å². The summed E-state index contributed by atoms with van der Waals surface area (Å²) in [4.78, 5) is 26.3. The van der Waals surface area contributed by atoms with Crippen LogP contribution in [0.2, 0.25) is 0 Å². The topological polar surface area (TPSA) is 49.4 Å². The summed E-state index contributed by atoms with van der Waals surface area (Å²) >= 11 is 0. The van der Waals surface area contributed by atoms with Gasteiger partial charge in [-0.25, -0.2) is 4.39 Å². The number of nitrogens with one attached hydrogen (secondary N) is 1. The van der Waals surface area contributed by atoms with Crippen molar-refractivity contribution in [1.29, 1.82) is 0 Å². The summed E-state index contributed by atoms with van der Waals surface area (Å²) in [5.41, 5.74) is 2.73. The van der Waals surface area contributed by atoms with Gasteiger partial charge in [0.15, 0.2) is 0 Å². The number of benzene rings is 2. The molecule has 3 rings (SSSR count). The van der Waals surface area contributed by atoms with Crippen molar-refractivity contribution in [3.05, 3.63) is 65.5 Å². The minimum atomic E-state index is -0.382. The Kier molecular flexibility index (Phi) is 5.12. The Morgan fingerprint density at radius 2 is 1.96 bits per heavy atom. The maximum atomic E-state index is 13.2. The van der Waals surface area contributed by atoms with E-state index in [2.05, 4.69) is 12.2 Å². The van der Waals surface area contributed by atoms with Gasteiger partial charge in [0.2, 0.25) is 11.8 Å². The molecule has 5 heteroatoms. The number of nitrogens with zero attached hydrogens (tertiary/aromatic N) is 1. The Morgan fingerprint density at radius 1 is 1.20 bits per heavy atom. The highest BCUT2D eigenvalue weighted by atomic mass is 19.1. The Bertz CT molecular complexity index is 774. The number of hydrogen-bond acceptors (Lipinski definition) is 2. The van der Waals surface area contributed by atoms with Crippen molar-refractivity contribution in [2.75, 3.05) is 11.4 Å². The van der Waals surface area contributed by atoms with Gasteiger partial charge in [0.05, 0.1) is 5.92 Å². The fraction of sp³-hybridized carbons (Fsp3) is 0.300. The number of amides is 2. The fourth-order valence-electron chi connectivity index (χ4n) is 3.02. The predicted octanol–water partition coefficient (Wildman–Crippen LogP) is 3.06. The van der Waals surface area contributed by atoms with Crippen molar-refractivity contribution in [3.63, 3.8) is 0 Å². The van der Waals surface area contributed by atoms with Gasteiger partial charge in [-0.2, -0.15) is 0 Å². The maximum absolute atomic E-state index is 13.2. The van der Waals surface area contributed by atoms with Crippen molar-refractivity contribution < 1.29 is 14.0 Å². The average molecular weight is 340 g/mol. The number of aryl methyl sites for hydroxylation is 1. The molecule has 25 heavy (non-hydrogen) atoms. The third kappa shape index (κ3) is 4.05. The summed E-state index contributed by atoms with van der Waals surface area (Å²) in [6.07, 6.45) is 1.14. The Labute approximate surface area is 146 Å². The van der Waals surface area contributed by atoms with Gasteiger partial charge in [-0.3, -0.25) is 9.59 Å². The second-order valence-corrected chi connectivity index (χ2v) is 6.27. The highest BCUT2D eigenvalue weighted by molar-refractivity contribution is 6.00. The molecule has 1 heterocycles. The van der Waals surface area contributed by atoms with Crippen molar-refractivity contribution >= 4 is 17.5 Å². The molecule has 2 amide bonds. The summed E-state index contributed by atoms with van der Waals surface area (Å²) in [6.45, 7) is 2.71. The van der Waals surface area contributed by atoms with Crippen LogP contribution in [0, 0.1) is 11.7 Å². The molecule has 0 unspecified atom stereocenters. The minimum Gasteiger partial charge on any atom is -0.352 e. The quantitative estimate of drug-likeness (QED) is 0.909. The largest absolute Gasteiger partial charge is 0.352 e. The molecule has 0 bridgehead atoms. The number of carbonyl (C=O) groups excluding carboxylic acids is 2. The molecule has 0 spiro atoms. The van der Waals surface area contributed by atoms with E-state index in [1.165, 1.54) is 17.7 Å². The monoisotopic (exact) mass is 340 g/mol. The maximum Gasteiger partial charge on any atom is 0.227 e. The predicted molar refractivity (Wildman–Crippen MR) is 94.5 cm³/mol. The van der Waals surface area contributed by atoms with E-state index >= 15 is 0 Å². The van der Waals surface area contributed by atoms with Crippen LogP contribution in [0.15, 0.2) is 48.5 Å². The molecule has 130 valence electrons. The standard InChI is InChI=1S/C20H21FN2O2/c1-2-14-6-8-18(9-7-14)23-13-16(11-19(23)24)20(25)22-12-15-4-3-5-17(21)10-15/h3-10,16H,2,11-13H2,1H3,(H,22,25)/t16-/m0/s1. The highest BCUT2D eigenvalue weighted by Gasteiger charge is 2.34. The molecular formula is C20H21FN2O2. The first-order valence-electron chi connectivity index (χ1n) is 8.48. The van der Waals surface area contributed by atoms with Crippen LogP contribution in [0.4, 0.5) is 10.1 Å². The molecule has 0 radical (unpaired) electrons. The van der Waals surface area contributed by atoms with Crippen LogP contribution in [0.5, 0.6) is 0 Å². The third-order valence-electron chi connectivity index (χ3n) is 4.51. The number of anilines is 1. The van der Waals surface area contributed by atoms with Crippen molar-refractivity contribution in [3.8, 4) is 0 Å². The lowest BCUT2D eigenvalue weighted by atomic mass is 10.1. The molecule has 1 aliphatic heterocycles. The van der Waals surface area contributed by atoms with Gasteiger partial charge in [-0.05, 0) is 41.8 Å². The van der Waals surface area contributed by atoms with E-state index in [-0.39, 0.29) is 36.5 Å². The zero-order valence-corrected chi connectivity index (χ0v) is 14.2. The number of rotatable bonds is 5. The summed E-state index contributed by atoms with van der Waals surface area (Å²) in [7, 11) is 0. The summed E-state index contributed by atoms with van der Waals surface area (Å²) in [5.74, 6) is -0.933. The normalized spacial score (nSPS) is 17.0. The minimum absolute atomic E-state index is 0.0462. The SMILES string of the molecule is CCc1ccc(N2C[C@@H](C(=O)NCc3cccc(F)c3)CC2=O)cc1. The van der Waals surface area contributed by atoms with Crippen LogP contribution in [-0.4, -0.2) is 18.4 Å². The fourth-order valence-corrected chi connectivity index (χ4v) is 3.02. The lowest BCUT2D eigenvalue weighted by Crippen LogP contribution is -2.32. The molecule has 1 aliphatic rings. The second-order valence-electron chi connectivity index (χ2n) is 6.27. The van der Waals surface area contributed by atoms with Gasteiger partial charge in [0.1, 0.15) is 5.82 Å². The third-order valence-corrected chi connectivity index (χ3v) is 4.51. The van der Waals surface area contributed by atoms with Gasteiger partial charge in [0, 0.05) is 25.2 Å². The van der Waals surface area contributed by atoms with Gasteiger partial charge in [0.25, 0.3) is 0 Å². The zero-order chi connectivity index (χ0) is 17.8. The number of halogens is 1. The molecule has 1 fully saturated rings. The highest BCUT2D eigenvalue weighted by Crippen LogP contribution is 2.25. The van der Waals surface area contributed by atoms with E-state index in [1.807, 2.05) is 24.3 Å². The van der Waals surface area contributed by atoms with E-state index < -0.39 is 0 Å². The number of carbonyl (C=O) groups is 2. The second kappa shape index (κ2) is 7.47. The molecule has 1 atom stereocenters. The first-order valence-corrected chi connectivity index (χ1v) is 8.48. The van der Waals surface area contributed by atoms with Gasteiger partial charge in [-0.15, -0.1) is 0 Å². The molecular weight excluding hydrogens is 319 g/mol. The lowest BCUT2D eigenvalue weighted by Gasteiger charge is -2.17. The van der Waals surface area contributed by atoms with Crippen LogP contribution in [0.3, 0.4) is 0 Å². The van der Waals surface area contributed by atoms with Crippen LogP contribution in [0.1, 0.15) is 24.5 Å². The van der Waals surface area contributed by atoms with Crippen LogP contribution in [-0.2, 0) is 22.6 Å². The molecule has 4 nitrogen and oxygen atoms in total. The first kappa shape index (κ1) is 17.1. The Balaban J connectivity index is 1.60. The van der Waals surface area contributed by atoms with E-state index in [9.17, 15) is 14.0 Å².